The minimum Gasteiger partial charge on any atom is -0.354 e. The van der Waals surface area contributed by atoms with Gasteiger partial charge in [-0.2, -0.15) is 0 Å². The summed E-state index contributed by atoms with van der Waals surface area (Å²) in [5.74, 6) is 0.0545. The third kappa shape index (κ3) is 8.02. The van der Waals surface area contributed by atoms with Crippen molar-refractivity contribution in [1.29, 1.82) is 0 Å². The van der Waals surface area contributed by atoms with Gasteiger partial charge >= 0.3 is 0 Å². The van der Waals surface area contributed by atoms with Crippen molar-refractivity contribution in [3.63, 3.8) is 0 Å². The molecule has 0 N–H and O–H groups in total. The summed E-state index contributed by atoms with van der Waals surface area (Å²) in [6.45, 7) is 3.37. The highest BCUT2D eigenvalue weighted by atomic mass is 16.1. The van der Waals surface area contributed by atoms with Gasteiger partial charge in [0.15, 0.2) is 5.78 Å². The first-order chi connectivity index (χ1) is 12.3. The minimum absolute atomic E-state index is 0.0545. The molecule has 134 valence electrons. The Hall–Kier alpha value is -2.09. The summed E-state index contributed by atoms with van der Waals surface area (Å²) in [4.78, 5) is 13.4. The van der Waals surface area contributed by atoms with E-state index in [0.29, 0.717) is 0 Å². The number of carbonyl (C=O) groups is 1. The van der Waals surface area contributed by atoms with Gasteiger partial charge in [-0.05, 0) is 41.9 Å². The summed E-state index contributed by atoms with van der Waals surface area (Å²) in [6, 6.07) is 0. The highest BCUT2D eigenvalue weighted by molar-refractivity contribution is 6.01. The quantitative estimate of drug-likeness (QED) is 0.454. The second-order valence-electron chi connectivity index (χ2n) is 6.75. The third-order valence-corrected chi connectivity index (χ3v) is 4.54. The van der Waals surface area contributed by atoms with Gasteiger partial charge in [-0.25, -0.2) is 0 Å². The van der Waals surface area contributed by atoms with Gasteiger partial charge < -0.3 is 4.90 Å². The highest BCUT2D eigenvalue weighted by Crippen LogP contribution is 2.14. The van der Waals surface area contributed by atoms with Crippen LogP contribution in [0.2, 0.25) is 0 Å². The molecular weight excluding hydrogens is 306 g/mol. The zero-order valence-corrected chi connectivity index (χ0v) is 15.5. The molecule has 2 heteroatoms. The normalized spacial score (nSPS) is 16.0. The van der Waals surface area contributed by atoms with Crippen LogP contribution >= 0.6 is 0 Å². The van der Waals surface area contributed by atoms with Crippen LogP contribution < -0.4 is 0 Å². The fourth-order valence-electron chi connectivity index (χ4n) is 2.93. The third-order valence-electron chi connectivity index (χ3n) is 4.54. The molecular formula is C23H31NO. The number of carbonyl (C=O) groups excluding carboxylic acids is 1. The molecule has 0 amide bonds. The first kappa shape index (κ1) is 19.2. The van der Waals surface area contributed by atoms with Gasteiger partial charge in [-0.15, -0.1) is 0 Å². The van der Waals surface area contributed by atoms with Crippen molar-refractivity contribution in [2.75, 3.05) is 6.54 Å². The monoisotopic (exact) mass is 337 g/mol. The summed E-state index contributed by atoms with van der Waals surface area (Å²) < 4.78 is 0. The molecule has 0 saturated carbocycles. The molecule has 0 aromatic heterocycles. The molecule has 0 aromatic rings. The van der Waals surface area contributed by atoms with Crippen molar-refractivity contribution in [3.8, 4) is 0 Å². The van der Waals surface area contributed by atoms with Crippen LogP contribution in [-0.2, 0) is 4.79 Å². The van der Waals surface area contributed by atoms with Gasteiger partial charge in [-0.1, -0.05) is 76.2 Å². The van der Waals surface area contributed by atoms with Crippen LogP contribution in [0.4, 0.5) is 0 Å². The molecule has 2 aliphatic rings. The first-order valence-electron chi connectivity index (χ1n) is 9.72. The second-order valence-corrected chi connectivity index (χ2v) is 6.75. The Labute approximate surface area is 153 Å². The maximum Gasteiger partial charge on any atom is 0.178 e. The predicted molar refractivity (Wildman–Crippen MR) is 107 cm³/mol. The number of nitrogens with zero attached hydrogens (tertiary/aromatic N) is 1. The number of ketones is 1. The number of hydrogen-bond acceptors (Lipinski definition) is 2. The van der Waals surface area contributed by atoms with Crippen LogP contribution in [0, 0.1) is 0 Å². The van der Waals surface area contributed by atoms with Gasteiger partial charge in [0.2, 0.25) is 0 Å². The molecule has 25 heavy (non-hydrogen) atoms. The van der Waals surface area contributed by atoms with Crippen molar-refractivity contribution >= 4 is 5.78 Å². The Balaban J connectivity index is 1.62. The van der Waals surface area contributed by atoms with Gasteiger partial charge in [0.05, 0.1) is 0 Å². The molecule has 0 bridgehead atoms. The lowest BCUT2D eigenvalue weighted by atomic mass is 10.1. The average molecular weight is 338 g/mol. The van der Waals surface area contributed by atoms with Crippen LogP contribution in [-0.4, -0.2) is 17.2 Å². The second kappa shape index (κ2) is 11.5. The lowest BCUT2D eigenvalue weighted by molar-refractivity contribution is -0.110. The molecule has 0 spiro atoms. The summed E-state index contributed by atoms with van der Waals surface area (Å²) >= 11 is 0. The molecule has 2 rings (SSSR count). The van der Waals surface area contributed by atoms with E-state index < -0.39 is 0 Å². The molecule has 0 unspecified atom stereocenters. The molecule has 1 aliphatic carbocycles. The molecule has 0 radical (unpaired) electrons. The largest absolute Gasteiger partial charge is 0.354 e. The highest BCUT2D eigenvalue weighted by Gasteiger charge is 2.01. The number of allylic oxidation sites excluding steroid dienone is 10. The van der Waals surface area contributed by atoms with E-state index in [1.54, 1.807) is 12.2 Å². The number of unbranched alkanes of at least 4 members (excludes halogenated alkanes) is 7. The number of rotatable bonds is 10. The maximum atomic E-state index is 11.1. The average Bonchev–Trinajstić information content (AvgIpc) is 2.64. The van der Waals surface area contributed by atoms with Gasteiger partial charge in [-0.3, -0.25) is 4.79 Å². The summed E-state index contributed by atoms with van der Waals surface area (Å²) in [6.07, 6.45) is 30.5. The van der Waals surface area contributed by atoms with E-state index >= 15 is 0 Å². The van der Waals surface area contributed by atoms with E-state index in [2.05, 4.69) is 42.5 Å². The molecule has 2 nitrogen and oxygen atoms in total. The van der Waals surface area contributed by atoms with Crippen molar-refractivity contribution in [1.82, 2.24) is 4.90 Å². The Morgan fingerprint density at radius 3 is 1.84 bits per heavy atom. The van der Waals surface area contributed by atoms with Gasteiger partial charge in [0.25, 0.3) is 0 Å². The molecule has 0 fully saturated rings. The summed E-state index contributed by atoms with van der Waals surface area (Å²) in [5.41, 5.74) is 2.23. The lowest BCUT2D eigenvalue weighted by Gasteiger charge is -2.18. The van der Waals surface area contributed by atoms with Crippen molar-refractivity contribution in [2.45, 2.75) is 58.3 Å². The molecule has 0 atom stereocenters. The van der Waals surface area contributed by atoms with Crippen LogP contribution in [0.15, 0.2) is 72.2 Å². The van der Waals surface area contributed by atoms with E-state index in [1.165, 1.54) is 56.9 Å². The Morgan fingerprint density at radius 1 is 0.720 bits per heavy atom. The van der Waals surface area contributed by atoms with Crippen LogP contribution in [0.5, 0.6) is 0 Å². The maximum absolute atomic E-state index is 11.1. The Kier molecular flexibility index (Phi) is 8.82. The van der Waals surface area contributed by atoms with Crippen LogP contribution in [0.1, 0.15) is 58.3 Å². The molecule has 0 saturated heterocycles. The fourth-order valence-corrected chi connectivity index (χ4v) is 2.93. The zero-order valence-electron chi connectivity index (χ0n) is 15.5. The SMILES string of the molecule is CCCCCCCCCCN1C=CC(=CC=C2C=CC(=O)C=C2)C=C1. The van der Waals surface area contributed by atoms with Crippen molar-refractivity contribution in [3.05, 3.63) is 72.2 Å². The fraction of sp³-hybridized carbons (Fsp3) is 0.435. The van der Waals surface area contributed by atoms with Crippen LogP contribution in [0.3, 0.4) is 0 Å². The molecule has 0 aromatic carbocycles. The standard InChI is InChI=1S/C23H31NO/c1-2-3-4-5-6-7-8-9-18-24-19-16-22(17-20-24)11-10-21-12-14-23(25)15-13-21/h10-17,19-20H,2-9,18H2,1H3. The smallest absolute Gasteiger partial charge is 0.178 e. The number of hydrogen-bond donors (Lipinski definition) is 0. The molecule has 1 aliphatic heterocycles. The van der Waals surface area contributed by atoms with E-state index in [-0.39, 0.29) is 5.78 Å². The Bertz CT molecular complexity index is 568. The summed E-state index contributed by atoms with van der Waals surface area (Å²) in [7, 11) is 0. The van der Waals surface area contributed by atoms with Crippen molar-refractivity contribution in [2.24, 2.45) is 0 Å². The Morgan fingerprint density at radius 2 is 1.24 bits per heavy atom. The van der Waals surface area contributed by atoms with Crippen molar-refractivity contribution < 1.29 is 4.79 Å². The molecule has 1 heterocycles. The van der Waals surface area contributed by atoms with E-state index in [1.807, 2.05) is 18.2 Å². The van der Waals surface area contributed by atoms with Gasteiger partial charge in [0.1, 0.15) is 0 Å². The zero-order chi connectivity index (χ0) is 17.7. The lowest BCUT2D eigenvalue weighted by Crippen LogP contribution is -2.13. The predicted octanol–water partition coefficient (Wildman–Crippen LogP) is 6.02. The van der Waals surface area contributed by atoms with E-state index in [4.69, 9.17) is 0 Å². The summed E-state index contributed by atoms with van der Waals surface area (Å²) in [5, 5.41) is 0. The van der Waals surface area contributed by atoms with E-state index in [0.717, 1.165) is 12.1 Å². The topological polar surface area (TPSA) is 20.3 Å². The van der Waals surface area contributed by atoms with Gasteiger partial charge in [0, 0.05) is 18.9 Å². The van der Waals surface area contributed by atoms with Crippen LogP contribution in [0.25, 0.3) is 0 Å². The minimum atomic E-state index is 0.0545. The first-order valence-corrected chi connectivity index (χ1v) is 9.72. The van der Waals surface area contributed by atoms with E-state index in [9.17, 15) is 4.79 Å².